The number of pyridine rings is 2. The lowest BCUT2D eigenvalue weighted by Gasteiger charge is -2.21. The predicted octanol–water partition coefficient (Wildman–Crippen LogP) is 3.85. The molecule has 0 aliphatic rings. The van der Waals surface area contributed by atoms with Gasteiger partial charge in [0.1, 0.15) is 5.75 Å². The highest BCUT2D eigenvalue weighted by molar-refractivity contribution is 6.32. The maximum atomic E-state index is 12.6. The fraction of sp³-hybridized carbons (Fsp3) is 0.316. The van der Waals surface area contributed by atoms with Crippen molar-refractivity contribution in [1.82, 2.24) is 25.0 Å². The molecular weight excluding hydrogens is 410 g/mol. The predicted molar refractivity (Wildman–Crippen MR) is 112 cm³/mol. The second-order valence-corrected chi connectivity index (χ2v) is 6.98. The Morgan fingerprint density at radius 2 is 1.87 bits per heavy atom. The second-order valence-electron chi connectivity index (χ2n) is 6.57. The van der Waals surface area contributed by atoms with Crippen molar-refractivity contribution in [2.75, 3.05) is 17.7 Å². The van der Waals surface area contributed by atoms with Crippen LogP contribution in [0, 0.1) is 0 Å². The van der Waals surface area contributed by atoms with Crippen molar-refractivity contribution < 1.29 is 14.3 Å². The number of hydrogen-bond acceptors (Lipinski definition) is 7. The van der Waals surface area contributed by atoms with Gasteiger partial charge in [-0.2, -0.15) is 10.2 Å². The summed E-state index contributed by atoms with van der Waals surface area (Å²) >= 11 is 6.24. The minimum atomic E-state index is -0.495. The summed E-state index contributed by atoms with van der Waals surface area (Å²) < 4.78 is 11.3. The minimum absolute atomic E-state index is 0.0605. The van der Waals surface area contributed by atoms with Gasteiger partial charge in [0.05, 0.1) is 59.6 Å². The van der Waals surface area contributed by atoms with Gasteiger partial charge in [-0.25, -0.2) is 9.78 Å². The molecule has 0 aliphatic heterocycles. The van der Waals surface area contributed by atoms with Crippen LogP contribution < -0.4 is 15.4 Å². The number of amides is 2. The Bertz CT molecular complexity index is 1010. The number of nitrogens with zero attached hydrogens (tertiary/aromatic N) is 5. The Morgan fingerprint density at radius 1 is 1.13 bits per heavy atom. The van der Waals surface area contributed by atoms with Crippen LogP contribution in [0.15, 0.2) is 37.1 Å². The summed E-state index contributed by atoms with van der Waals surface area (Å²) in [5, 5.41) is 13.7. The number of aromatic nitrogens is 5. The van der Waals surface area contributed by atoms with E-state index in [0.717, 1.165) is 0 Å². The van der Waals surface area contributed by atoms with Crippen molar-refractivity contribution in [2.24, 2.45) is 0 Å². The zero-order valence-corrected chi connectivity index (χ0v) is 17.7. The molecule has 2 amide bonds. The first kappa shape index (κ1) is 21.5. The maximum Gasteiger partial charge on any atom is 0.323 e. The molecule has 3 heterocycles. The summed E-state index contributed by atoms with van der Waals surface area (Å²) in [5.41, 5.74) is 1.56. The first-order valence-corrected chi connectivity index (χ1v) is 9.54. The zero-order chi connectivity index (χ0) is 21.7. The Labute approximate surface area is 178 Å². The smallest absolute Gasteiger partial charge is 0.323 e. The third kappa shape index (κ3) is 5.02. The van der Waals surface area contributed by atoms with Gasteiger partial charge in [0, 0.05) is 12.7 Å². The van der Waals surface area contributed by atoms with Gasteiger partial charge in [0.15, 0.2) is 5.82 Å². The molecule has 0 aromatic carbocycles. The molecule has 0 unspecified atom stereocenters. The minimum Gasteiger partial charge on any atom is -0.489 e. The molecule has 0 saturated heterocycles. The Balaban J connectivity index is 1.78. The number of halogens is 1. The highest BCUT2D eigenvalue weighted by Gasteiger charge is 2.20. The van der Waals surface area contributed by atoms with Gasteiger partial charge in [-0.1, -0.05) is 11.6 Å². The zero-order valence-electron chi connectivity index (χ0n) is 17.0. The van der Waals surface area contributed by atoms with Gasteiger partial charge in [-0.3, -0.25) is 4.98 Å². The van der Waals surface area contributed by atoms with E-state index >= 15 is 0 Å². The summed E-state index contributed by atoms with van der Waals surface area (Å²) in [4.78, 5) is 22.2. The summed E-state index contributed by atoms with van der Waals surface area (Å²) in [6.45, 7) is 5.68. The lowest BCUT2D eigenvalue weighted by atomic mass is 10.1. The van der Waals surface area contributed by atoms with E-state index in [-0.39, 0.29) is 17.2 Å². The number of urea groups is 1. The Morgan fingerprint density at radius 3 is 2.50 bits per heavy atom. The number of carbonyl (C=O) groups excluding carboxylic acids is 1. The van der Waals surface area contributed by atoms with Gasteiger partial charge >= 0.3 is 6.03 Å². The lowest BCUT2D eigenvalue weighted by Crippen LogP contribution is -2.22. The van der Waals surface area contributed by atoms with E-state index in [2.05, 4.69) is 30.8 Å². The van der Waals surface area contributed by atoms with E-state index in [9.17, 15) is 4.79 Å². The van der Waals surface area contributed by atoms with E-state index in [4.69, 9.17) is 21.1 Å². The van der Waals surface area contributed by atoms with Crippen LogP contribution >= 0.6 is 11.6 Å². The molecule has 30 heavy (non-hydrogen) atoms. The monoisotopic (exact) mass is 431 g/mol. The molecule has 0 bridgehead atoms. The van der Waals surface area contributed by atoms with E-state index in [1.165, 1.54) is 29.6 Å². The molecule has 158 valence electrons. The molecule has 3 rings (SSSR count). The molecule has 1 atom stereocenters. The van der Waals surface area contributed by atoms with Crippen molar-refractivity contribution in [3.63, 3.8) is 0 Å². The van der Waals surface area contributed by atoms with Crippen molar-refractivity contribution in [2.45, 2.75) is 33.0 Å². The van der Waals surface area contributed by atoms with E-state index < -0.39 is 6.03 Å². The van der Waals surface area contributed by atoms with Gasteiger partial charge in [-0.15, -0.1) is 4.80 Å². The number of ether oxygens (including phenoxy) is 2. The van der Waals surface area contributed by atoms with Crippen LogP contribution in [0.4, 0.5) is 16.2 Å². The normalized spacial score (nSPS) is 11.9. The first-order valence-electron chi connectivity index (χ1n) is 9.16. The van der Waals surface area contributed by atoms with Crippen LogP contribution in [0.2, 0.25) is 5.02 Å². The SMILES string of the molecule is CO[C@H](C)c1c(NC(=O)Nc2cnc(-n3nccn3)c(Cl)c2)cncc1OC(C)C. The second kappa shape index (κ2) is 9.51. The quantitative estimate of drug-likeness (QED) is 0.583. The average molecular weight is 432 g/mol. The molecule has 0 radical (unpaired) electrons. The van der Waals surface area contributed by atoms with Crippen LogP contribution in [-0.2, 0) is 4.74 Å². The molecule has 10 nitrogen and oxygen atoms in total. The molecule has 3 aromatic heterocycles. The number of rotatable bonds is 7. The van der Waals surface area contributed by atoms with Crippen molar-refractivity contribution >= 4 is 29.0 Å². The summed E-state index contributed by atoms with van der Waals surface area (Å²) in [5.74, 6) is 0.893. The Kier molecular flexibility index (Phi) is 6.80. The van der Waals surface area contributed by atoms with Crippen LogP contribution in [0.3, 0.4) is 0 Å². The van der Waals surface area contributed by atoms with Crippen molar-refractivity contribution in [3.05, 3.63) is 47.6 Å². The summed E-state index contributed by atoms with van der Waals surface area (Å²) in [6, 6.07) is 1.06. The van der Waals surface area contributed by atoms with Gasteiger partial charge in [0.2, 0.25) is 0 Å². The third-order valence-electron chi connectivity index (χ3n) is 4.01. The largest absolute Gasteiger partial charge is 0.489 e. The molecule has 0 aliphatic carbocycles. The van der Waals surface area contributed by atoms with E-state index in [1.807, 2.05) is 20.8 Å². The van der Waals surface area contributed by atoms with Crippen molar-refractivity contribution in [3.8, 4) is 11.6 Å². The Hall–Kier alpha value is -3.24. The average Bonchev–Trinajstić information content (AvgIpc) is 3.21. The number of anilines is 2. The van der Waals surface area contributed by atoms with Gasteiger partial charge < -0.3 is 20.1 Å². The first-order chi connectivity index (χ1) is 14.4. The molecule has 2 N–H and O–H groups in total. The molecular formula is C19H22ClN7O3. The highest BCUT2D eigenvalue weighted by atomic mass is 35.5. The molecule has 0 saturated carbocycles. The van der Waals surface area contributed by atoms with Gasteiger partial charge in [-0.05, 0) is 26.8 Å². The fourth-order valence-electron chi connectivity index (χ4n) is 2.69. The highest BCUT2D eigenvalue weighted by Crippen LogP contribution is 2.34. The van der Waals surface area contributed by atoms with Gasteiger partial charge in [0.25, 0.3) is 0 Å². The third-order valence-corrected chi connectivity index (χ3v) is 4.29. The van der Waals surface area contributed by atoms with Crippen LogP contribution in [0.5, 0.6) is 5.75 Å². The maximum absolute atomic E-state index is 12.6. The number of hydrogen-bond donors (Lipinski definition) is 2. The van der Waals surface area contributed by atoms with Crippen LogP contribution in [0.1, 0.15) is 32.4 Å². The van der Waals surface area contributed by atoms with Crippen molar-refractivity contribution in [1.29, 1.82) is 0 Å². The summed E-state index contributed by atoms with van der Waals surface area (Å²) in [7, 11) is 1.58. The standard InChI is InChI=1S/C19H22ClN7O3/c1-11(2)30-16-10-21-9-15(17(16)12(3)29-4)26-19(28)25-13-7-14(20)18(22-8-13)27-23-5-6-24-27/h5-12H,1-4H3,(H2,25,26,28)/t12-/m1/s1. The topological polar surface area (TPSA) is 116 Å². The van der Waals surface area contributed by atoms with E-state index in [1.54, 1.807) is 19.4 Å². The van der Waals surface area contributed by atoms with Crippen LogP contribution in [0.25, 0.3) is 5.82 Å². The number of carbonyl (C=O) groups is 1. The number of methoxy groups -OCH3 is 1. The molecule has 0 spiro atoms. The molecule has 3 aromatic rings. The lowest BCUT2D eigenvalue weighted by molar-refractivity contribution is 0.114. The number of nitrogens with one attached hydrogen (secondary N) is 2. The fourth-order valence-corrected chi connectivity index (χ4v) is 2.93. The van der Waals surface area contributed by atoms with E-state index in [0.29, 0.717) is 28.5 Å². The molecule has 11 heteroatoms. The molecule has 0 fully saturated rings. The summed E-state index contributed by atoms with van der Waals surface area (Å²) in [6.07, 6.45) is 7.24. The van der Waals surface area contributed by atoms with Crippen LogP contribution in [-0.4, -0.2) is 44.2 Å².